The summed E-state index contributed by atoms with van der Waals surface area (Å²) in [5.74, 6) is -0.567. The van der Waals surface area contributed by atoms with Gasteiger partial charge in [0.05, 0.1) is 5.56 Å². The van der Waals surface area contributed by atoms with E-state index < -0.39 is 11.9 Å². The summed E-state index contributed by atoms with van der Waals surface area (Å²) in [6.07, 6.45) is 0. The van der Waals surface area contributed by atoms with Gasteiger partial charge in [-0.15, -0.1) is 0 Å². The molecule has 0 unspecified atom stereocenters. The Morgan fingerprint density at radius 1 is 0.767 bits per heavy atom. The molecule has 7 heteroatoms. The van der Waals surface area contributed by atoms with Gasteiger partial charge in [0.1, 0.15) is 5.82 Å². The number of fused-ring (bicyclic) bond motifs is 1. The van der Waals surface area contributed by atoms with Gasteiger partial charge in [0, 0.05) is 22.0 Å². The zero-order chi connectivity index (χ0) is 21.3. The van der Waals surface area contributed by atoms with Crippen LogP contribution in [-0.4, -0.2) is 22.7 Å². The minimum absolute atomic E-state index is 0.0461. The number of hydrogen-bond acceptors (Lipinski definition) is 3. The summed E-state index contributed by atoms with van der Waals surface area (Å²) >= 11 is 0. The van der Waals surface area contributed by atoms with Crippen molar-refractivity contribution in [1.82, 2.24) is 4.98 Å². The predicted octanol–water partition coefficient (Wildman–Crippen LogP) is 3.66. The minimum atomic E-state index is -0.803. The SMILES string of the molecule is NC(=O)Nc1[nH]c2cc(-c3ccc(C(=O)c4ccccc4)cc3)ccc2c1C(N)=O. The number of aromatic nitrogens is 1. The first-order chi connectivity index (χ1) is 14.4. The van der Waals surface area contributed by atoms with Crippen molar-refractivity contribution in [3.05, 3.63) is 89.5 Å². The topological polar surface area (TPSA) is 131 Å². The molecule has 148 valence electrons. The van der Waals surface area contributed by atoms with Crippen LogP contribution in [0.5, 0.6) is 0 Å². The minimum Gasteiger partial charge on any atom is -0.365 e. The maximum absolute atomic E-state index is 12.6. The molecule has 0 saturated heterocycles. The van der Waals surface area contributed by atoms with E-state index in [-0.39, 0.29) is 17.2 Å². The average molecular weight is 398 g/mol. The van der Waals surface area contributed by atoms with Crippen LogP contribution < -0.4 is 16.8 Å². The number of H-pyrrole nitrogens is 1. The van der Waals surface area contributed by atoms with Gasteiger partial charge in [-0.1, -0.05) is 66.7 Å². The standard InChI is InChI=1S/C23H18N4O3/c24-21(29)19-17-11-10-16(12-18(17)26-22(19)27-23(25)30)13-6-8-15(9-7-13)20(28)14-4-2-1-3-5-14/h1-12,26H,(H2,24,29)(H3,25,27,30). The Balaban J connectivity index is 1.69. The lowest BCUT2D eigenvalue weighted by atomic mass is 9.98. The molecule has 0 atom stereocenters. The fraction of sp³-hybridized carbons (Fsp3) is 0. The summed E-state index contributed by atoms with van der Waals surface area (Å²) in [6.45, 7) is 0. The van der Waals surface area contributed by atoms with Crippen molar-refractivity contribution in [2.45, 2.75) is 0 Å². The van der Waals surface area contributed by atoms with Gasteiger partial charge >= 0.3 is 6.03 Å². The van der Waals surface area contributed by atoms with E-state index in [2.05, 4.69) is 10.3 Å². The molecule has 0 fully saturated rings. The number of anilines is 1. The average Bonchev–Trinajstić information content (AvgIpc) is 3.10. The van der Waals surface area contributed by atoms with E-state index >= 15 is 0 Å². The van der Waals surface area contributed by atoms with Gasteiger partial charge in [-0.3, -0.25) is 14.9 Å². The zero-order valence-corrected chi connectivity index (χ0v) is 15.8. The van der Waals surface area contributed by atoms with Crippen molar-refractivity contribution in [2.24, 2.45) is 11.5 Å². The summed E-state index contributed by atoms with van der Waals surface area (Å²) in [4.78, 5) is 38.6. The monoisotopic (exact) mass is 398 g/mol. The molecule has 0 aliphatic heterocycles. The zero-order valence-electron chi connectivity index (χ0n) is 15.8. The van der Waals surface area contributed by atoms with Crippen molar-refractivity contribution in [3.63, 3.8) is 0 Å². The van der Waals surface area contributed by atoms with Crippen LogP contribution >= 0.6 is 0 Å². The Morgan fingerprint density at radius 2 is 1.40 bits per heavy atom. The lowest BCUT2D eigenvalue weighted by Crippen LogP contribution is -2.22. The van der Waals surface area contributed by atoms with Gasteiger partial charge in [-0.25, -0.2) is 4.79 Å². The number of amides is 3. The molecule has 4 aromatic rings. The first-order valence-electron chi connectivity index (χ1n) is 9.16. The maximum atomic E-state index is 12.6. The highest BCUT2D eigenvalue weighted by molar-refractivity contribution is 6.13. The molecule has 1 aromatic heterocycles. The number of nitrogens with one attached hydrogen (secondary N) is 2. The van der Waals surface area contributed by atoms with E-state index in [9.17, 15) is 14.4 Å². The maximum Gasteiger partial charge on any atom is 0.317 e. The van der Waals surface area contributed by atoms with Crippen molar-refractivity contribution in [3.8, 4) is 11.1 Å². The van der Waals surface area contributed by atoms with Crippen LogP contribution in [0.25, 0.3) is 22.0 Å². The largest absolute Gasteiger partial charge is 0.365 e. The number of primary amides is 2. The normalized spacial score (nSPS) is 10.7. The number of benzene rings is 3. The number of rotatable bonds is 5. The molecule has 6 N–H and O–H groups in total. The number of hydrogen-bond donors (Lipinski definition) is 4. The van der Waals surface area contributed by atoms with E-state index in [1.807, 2.05) is 42.5 Å². The third-order valence-electron chi connectivity index (χ3n) is 4.81. The van der Waals surface area contributed by atoms with E-state index in [4.69, 9.17) is 11.5 Å². The predicted molar refractivity (Wildman–Crippen MR) is 115 cm³/mol. The fourth-order valence-corrected chi connectivity index (χ4v) is 3.42. The van der Waals surface area contributed by atoms with E-state index in [0.29, 0.717) is 22.0 Å². The second kappa shape index (κ2) is 7.56. The highest BCUT2D eigenvalue weighted by Crippen LogP contribution is 2.30. The van der Waals surface area contributed by atoms with Crippen molar-refractivity contribution < 1.29 is 14.4 Å². The van der Waals surface area contributed by atoms with E-state index in [0.717, 1.165) is 11.1 Å². The molecule has 0 bridgehead atoms. The lowest BCUT2D eigenvalue weighted by molar-refractivity contribution is 0.100. The number of urea groups is 1. The van der Waals surface area contributed by atoms with Crippen LogP contribution in [0, 0.1) is 0 Å². The van der Waals surface area contributed by atoms with Crippen molar-refractivity contribution in [2.75, 3.05) is 5.32 Å². The molecule has 7 nitrogen and oxygen atoms in total. The molecule has 1 heterocycles. The first-order valence-corrected chi connectivity index (χ1v) is 9.16. The molecule has 0 radical (unpaired) electrons. The Hall–Kier alpha value is -4.39. The van der Waals surface area contributed by atoms with Gasteiger partial charge in [0.2, 0.25) is 0 Å². The third kappa shape index (κ3) is 3.51. The van der Waals surface area contributed by atoms with Gasteiger partial charge in [-0.2, -0.15) is 0 Å². The van der Waals surface area contributed by atoms with Gasteiger partial charge in [0.15, 0.2) is 5.78 Å². The quantitative estimate of drug-likeness (QED) is 0.383. The van der Waals surface area contributed by atoms with Crippen molar-refractivity contribution in [1.29, 1.82) is 0 Å². The lowest BCUT2D eigenvalue weighted by Gasteiger charge is -2.05. The summed E-state index contributed by atoms with van der Waals surface area (Å²) in [5, 5.41) is 2.96. The molecule has 4 rings (SSSR count). The van der Waals surface area contributed by atoms with E-state index in [1.54, 1.807) is 30.3 Å². The first kappa shape index (κ1) is 18.9. The molecular weight excluding hydrogens is 380 g/mol. The van der Waals surface area contributed by atoms with Crippen LogP contribution in [0.4, 0.5) is 10.6 Å². The Morgan fingerprint density at radius 3 is 2.03 bits per heavy atom. The van der Waals surface area contributed by atoms with Gasteiger partial charge in [0.25, 0.3) is 5.91 Å². The van der Waals surface area contributed by atoms with Crippen LogP contribution in [0.1, 0.15) is 26.3 Å². The van der Waals surface area contributed by atoms with Crippen LogP contribution in [0.3, 0.4) is 0 Å². The Kier molecular flexibility index (Phi) is 4.77. The smallest absolute Gasteiger partial charge is 0.317 e. The molecule has 0 saturated carbocycles. The summed E-state index contributed by atoms with van der Waals surface area (Å²) in [7, 11) is 0. The summed E-state index contributed by atoms with van der Waals surface area (Å²) < 4.78 is 0. The highest BCUT2D eigenvalue weighted by atomic mass is 16.2. The number of carbonyl (C=O) groups is 3. The van der Waals surface area contributed by atoms with Crippen molar-refractivity contribution >= 4 is 34.4 Å². The van der Waals surface area contributed by atoms with E-state index in [1.165, 1.54) is 0 Å². The Labute approximate surface area is 171 Å². The van der Waals surface area contributed by atoms with Gasteiger partial charge in [-0.05, 0) is 17.2 Å². The number of carbonyl (C=O) groups excluding carboxylic acids is 3. The molecule has 0 aliphatic rings. The number of aromatic amines is 1. The second-order valence-electron chi connectivity index (χ2n) is 6.76. The van der Waals surface area contributed by atoms with Crippen LogP contribution in [0.2, 0.25) is 0 Å². The molecule has 0 spiro atoms. The molecule has 30 heavy (non-hydrogen) atoms. The molecule has 0 aliphatic carbocycles. The number of ketones is 1. The number of nitrogens with two attached hydrogens (primary N) is 2. The molecule has 3 aromatic carbocycles. The highest BCUT2D eigenvalue weighted by Gasteiger charge is 2.18. The second-order valence-corrected chi connectivity index (χ2v) is 6.76. The Bertz CT molecular complexity index is 1280. The van der Waals surface area contributed by atoms with Crippen LogP contribution in [-0.2, 0) is 0 Å². The fourth-order valence-electron chi connectivity index (χ4n) is 3.42. The van der Waals surface area contributed by atoms with Crippen LogP contribution in [0.15, 0.2) is 72.8 Å². The molecular formula is C23H18N4O3. The third-order valence-corrected chi connectivity index (χ3v) is 4.81. The van der Waals surface area contributed by atoms with Gasteiger partial charge < -0.3 is 16.5 Å². The molecule has 3 amide bonds. The summed E-state index contributed by atoms with van der Waals surface area (Å²) in [5.41, 5.74) is 14.4. The summed E-state index contributed by atoms with van der Waals surface area (Å²) in [6, 6.07) is 21.0.